The molecule has 0 atom stereocenters. The third kappa shape index (κ3) is 5.26. The van der Waals surface area contributed by atoms with Crippen LogP contribution in [-0.4, -0.2) is 46.2 Å². The quantitative estimate of drug-likeness (QED) is 0.342. The number of carbonyl (C=O) groups is 2. The van der Waals surface area contributed by atoms with Gasteiger partial charge in [0.1, 0.15) is 11.5 Å². The predicted octanol–water partition coefficient (Wildman–Crippen LogP) is 4.16. The van der Waals surface area contributed by atoms with Gasteiger partial charge in [0.2, 0.25) is 0 Å². The van der Waals surface area contributed by atoms with Gasteiger partial charge in [0, 0.05) is 5.56 Å². The molecule has 7 nitrogen and oxygen atoms in total. The highest BCUT2D eigenvalue weighted by Gasteiger charge is 2.32. The number of amides is 1. The lowest BCUT2D eigenvalue weighted by atomic mass is 10.2. The van der Waals surface area contributed by atoms with E-state index in [-0.39, 0.29) is 5.91 Å². The lowest BCUT2D eigenvalue weighted by Crippen LogP contribution is -2.22. The molecule has 0 bridgehead atoms. The number of thioether (sulfide) groups is 1. The summed E-state index contributed by atoms with van der Waals surface area (Å²) in [5, 5.41) is 14.1. The number of benzene rings is 2. The smallest absolute Gasteiger partial charge is 0.341 e. The third-order valence-corrected chi connectivity index (χ3v) is 5.73. The maximum Gasteiger partial charge on any atom is 0.341 e. The number of ether oxygens (including phenoxy) is 2. The van der Waals surface area contributed by atoms with E-state index in [1.165, 1.54) is 6.21 Å². The first-order valence-electron chi connectivity index (χ1n) is 8.48. The van der Waals surface area contributed by atoms with E-state index in [0.717, 1.165) is 26.8 Å². The van der Waals surface area contributed by atoms with E-state index >= 15 is 0 Å². The molecule has 0 saturated carbocycles. The number of halogens is 1. The zero-order chi connectivity index (χ0) is 21.7. The van der Waals surface area contributed by atoms with Gasteiger partial charge < -0.3 is 14.6 Å². The van der Waals surface area contributed by atoms with Gasteiger partial charge in [-0.3, -0.25) is 4.79 Å². The summed E-state index contributed by atoms with van der Waals surface area (Å²) in [6.07, 6.45) is 3.14. The second-order valence-electron chi connectivity index (χ2n) is 5.85. The molecule has 1 heterocycles. The number of aliphatic carboxylic acids is 1. The Bertz CT molecular complexity index is 1070. The van der Waals surface area contributed by atoms with Gasteiger partial charge >= 0.3 is 5.97 Å². The number of carbonyl (C=O) groups excluding carboxylic acids is 1. The monoisotopic (exact) mass is 506 g/mol. The Hall–Kier alpha value is -2.69. The highest BCUT2D eigenvalue weighted by Crippen LogP contribution is 2.34. The topological polar surface area (TPSA) is 88.4 Å². The Kier molecular flexibility index (Phi) is 7.24. The fraction of sp³-hybridized carbons (Fsp3) is 0.100. The van der Waals surface area contributed by atoms with Crippen LogP contribution in [0.1, 0.15) is 11.1 Å². The predicted molar refractivity (Wildman–Crippen MR) is 123 cm³/mol. The highest BCUT2D eigenvalue weighted by molar-refractivity contribution is 9.10. The molecule has 154 valence electrons. The molecule has 0 spiro atoms. The van der Waals surface area contributed by atoms with E-state index in [2.05, 4.69) is 21.0 Å². The van der Waals surface area contributed by atoms with Crippen LogP contribution in [-0.2, 0) is 9.59 Å². The maximum atomic E-state index is 12.7. The number of para-hydroxylation sites is 1. The summed E-state index contributed by atoms with van der Waals surface area (Å²) in [4.78, 5) is 23.9. The van der Waals surface area contributed by atoms with Crippen molar-refractivity contribution in [3.63, 3.8) is 0 Å². The average Bonchev–Trinajstić information content (AvgIpc) is 2.98. The SMILES string of the molecule is COc1ccc(C=C2SC(=S)N(N=Cc3ccccc3OCC(=O)O)C2=O)cc1Br. The molecule has 1 N–H and O–H groups in total. The van der Waals surface area contributed by atoms with Gasteiger partial charge in [0.15, 0.2) is 10.9 Å². The summed E-state index contributed by atoms with van der Waals surface area (Å²) >= 11 is 9.85. The molecule has 30 heavy (non-hydrogen) atoms. The van der Waals surface area contributed by atoms with E-state index < -0.39 is 12.6 Å². The van der Waals surface area contributed by atoms with Gasteiger partial charge in [-0.1, -0.05) is 30.0 Å². The second kappa shape index (κ2) is 9.88. The molecule has 0 unspecified atom stereocenters. The molecule has 1 saturated heterocycles. The van der Waals surface area contributed by atoms with E-state index in [1.807, 2.05) is 12.1 Å². The van der Waals surface area contributed by atoms with Crippen LogP contribution in [0.4, 0.5) is 0 Å². The van der Waals surface area contributed by atoms with Crippen LogP contribution in [0.15, 0.2) is 56.9 Å². The fourth-order valence-electron chi connectivity index (χ4n) is 2.46. The van der Waals surface area contributed by atoms with Crippen LogP contribution in [0.2, 0.25) is 0 Å². The summed E-state index contributed by atoms with van der Waals surface area (Å²) < 4.78 is 11.5. The molecule has 1 aliphatic heterocycles. The Morgan fingerprint density at radius 2 is 2.07 bits per heavy atom. The van der Waals surface area contributed by atoms with Crippen molar-refractivity contribution in [3.8, 4) is 11.5 Å². The number of carboxylic acids is 1. The molecule has 1 fully saturated rings. The van der Waals surface area contributed by atoms with Gasteiger partial charge in [-0.05, 0) is 64.1 Å². The molecule has 0 radical (unpaired) electrons. The van der Waals surface area contributed by atoms with Crippen LogP contribution in [0, 0.1) is 0 Å². The zero-order valence-corrected chi connectivity index (χ0v) is 18.8. The number of thiocarbonyl (C=S) groups is 1. The second-order valence-corrected chi connectivity index (χ2v) is 8.38. The van der Waals surface area contributed by atoms with Crippen LogP contribution in [0.25, 0.3) is 6.08 Å². The van der Waals surface area contributed by atoms with E-state index in [0.29, 0.717) is 26.3 Å². The Morgan fingerprint density at radius 1 is 1.30 bits per heavy atom. The number of hydrogen-bond acceptors (Lipinski definition) is 7. The van der Waals surface area contributed by atoms with E-state index in [9.17, 15) is 9.59 Å². The minimum atomic E-state index is -1.09. The molecule has 2 aromatic carbocycles. The first-order valence-corrected chi connectivity index (χ1v) is 10.5. The van der Waals surface area contributed by atoms with Crippen LogP contribution in [0.3, 0.4) is 0 Å². The number of rotatable bonds is 7. The lowest BCUT2D eigenvalue weighted by molar-refractivity contribution is -0.139. The lowest BCUT2D eigenvalue weighted by Gasteiger charge is -2.09. The van der Waals surface area contributed by atoms with Crippen molar-refractivity contribution >= 4 is 68.4 Å². The Labute approximate surface area is 190 Å². The number of hydrazone groups is 1. The summed E-state index contributed by atoms with van der Waals surface area (Å²) in [6, 6.07) is 12.2. The van der Waals surface area contributed by atoms with E-state index in [4.69, 9.17) is 26.8 Å². The number of carboxylic acid groups (broad SMARTS) is 1. The van der Waals surface area contributed by atoms with Gasteiger partial charge in [0.05, 0.1) is 22.7 Å². The fourth-order valence-corrected chi connectivity index (χ4v) is 4.19. The van der Waals surface area contributed by atoms with Gasteiger partial charge in [-0.15, -0.1) is 0 Å². The van der Waals surface area contributed by atoms with Crippen molar-refractivity contribution < 1.29 is 24.2 Å². The maximum absolute atomic E-state index is 12.7. The average molecular weight is 507 g/mol. The minimum Gasteiger partial charge on any atom is -0.496 e. The summed E-state index contributed by atoms with van der Waals surface area (Å²) in [6.45, 7) is -0.480. The van der Waals surface area contributed by atoms with Crippen molar-refractivity contribution in [2.75, 3.05) is 13.7 Å². The normalized spacial score (nSPS) is 15.3. The van der Waals surface area contributed by atoms with Crippen molar-refractivity contribution in [1.29, 1.82) is 0 Å². The molecular weight excluding hydrogens is 492 g/mol. The number of hydrogen-bond donors (Lipinski definition) is 1. The first kappa shape index (κ1) is 22.0. The molecule has 2 aromatic rings. The van der Waals surface area contributed by atoms with E-state index in [1.54, 1.807) is 43.5 Å². The van der Waals surface area contributed by atoms with Crippen LogP contribution < -0.4 is 9.47 Å². The Morgan fingerprint density at radius 3 is 2.77 bits per heavy atom. The van der Waals surface area contributed by atoms with Crippen molar-refractivity contribution in [2.24, 2.45) is 5.10 Å². The summed E-state index contributed by atoms with van der Waals surface area (Å²) in [5.74, 6) is -0.410. The molecule has 0 aromatic heterocycles. The van der Waals surface area contributed by atoms with Gasteiger partial charge in [0.25, 0.3) is 5.91 Å². The van der Waals surface area contributed by atoms with Crippen molar-refractivity contribution in [2.45, 2.75) is 0 Å². The van der Waals surface area contributed by atoms with Crippen molar-refractivity contribution in [1.82, 2.24) is 5.01 Å². The largest absolute Gasteiger partial charge is 0.496 e. The molecule has 1 amide bonds. The van der Waals surface area contributed by atoms with Gasteiger partial charge in [-0.25, -0.2) is 4.79 Å². The summed E-state index contributed by atoms with van der Waals surface area (Å²) in [7, 11) is 1.58. The number of nitrogens with zero attached hydrogens (tertiary/aromatic N) is 2. The van der Waals surface area contributed by atoms with Gasteiger partial charge in [-0.2, -0.15) is 10.1 Å². The van der Waals surface area contributed by atoms with Crippen molar-refractivity contribution in [3.05, 3.63) is 63.0 Å². The molecular formula is C20H15BrN2O5S2. The summed E-state index contributed by atoms with van der Waals surface area (Å²) in [5.41, 5.74) is 1.33. The zero-order valence-electron chi connectivity index (χ0n) is 15.6. The molecule has 0 aliphatic carbocycles. The molecule has 1 aliphatic rings. The molecule has 10 heteroatoms. The molecule has 3 rings (SSSR count). The van der Waals surface area contributed by atoms with Crippen LogP contribution >= 0.6 is 39.9 Å². The minimum absolute atomic E-state index is 0.291. The highest BCUT2D eigenvalue weighted by atomic mass is 79.9. The Balaban J connectivity index is 1.79. The standard InChI is InChI=1S/C20H15BrN2O5S2/c1-27-16-7-6-12(8-14(16)21)9-17-19(26)23(20(29)30-17)22-10-13-4-2-3-5-15(13)28-11-18(24)25/h2-10H,11H2,1H3,(H,24,25). The third-order valence-electron chi connectivity index (χ3n) is 3.83. The van der Waals surface area contributed by atoms with Crippen LogP contribution in [0.5, 0.6) is 11.5 Å². The first-order chi connectivity index (χ1) is 14.4. The number of methoxy groups -OCH3 is 1.